The molecule has 5 N–H and O–H groups in total. The molecule has 0 aromatic heterocycles. The molecule has 9 aliphatic rings. The predicted octanol–water partition coefficient (Wildman–Crippen LogP) is 6.05. The zero-order valence-corrected chi connectivity index (χ0v) is 53.2. The lowest BCUT2D eigenvalue weighted by molar-refractivity contribution is -0.285. The Hall–Kier alpha value is -7.73. The molecule has 0 bridgehead atoms. The average molecular weight is 1260 g/mol. The summed E-state index contributed by atoms with van der Waals surface area (Å²) >= 11 is 0. The second-order valence-electron chi connectivity index (χ2n) is 29.2. The van der Waals surface area contributed by atoms with Crippen LogP contribution in [-0.2, 0) is 67.6 Å². The Morgan fingerprint density at radius 2 is 1.25 bits per heavy atom. The number of amides is 2. The molecule has 3 aromatic carbocycles. The number of hydrogen-bond acceptors (Lipinski definition) is 21. The Labute approximate surface area is 525 Å². The van der Waals surface area contributed by atoms with Gasteiger partial charge in [-0.2, -0.15) is 0 Å². The zero-order chi connectivity index (χ0) is 66.1. The van der Waals surface area contributed by atoms with Gasteiger partial charge in [-0.3, -0.25) is 33.6 Å². The third kappa shape index (κ3) is 9.42. The van der Waals surface area contributed by atoms with E-state index in [0.29, 0.717) is 16.7 Å². The van der Waals surface area contributed by atoms with Crippen molar-refractivity contribution in [1.82, 2.24) is 10.6 Å². The van der Waals surface area contributed by atoms with Crippen LogP contribution in [0.2, 0.25) is 0 Å². The Morgan fingerprint density at radius 3 is 1.82 bits per heavy atom. The molecule has 3 aromatic rings. The number of nitrogens with one attached hydrogen (secondary N) is 2. The molecule has 19 atom stereocenters. The molecule has 486 valence electrons. The van der Waals surface area contributed by atoms with E-state index in [1.54, 1.807) is 91.8 Å². The first-order valence-corrected chi connectivity index (χ1v) is 31.0. The maximum Gasteiger partial charge on any atom is 0.343 e. The van der Waals surface area contributed by atoms with E-state index >= 15 is 0 Å². The van der Waals surface area contributed by atoms with E-state index in [9.17, 15) is 58.5 Å². The highest BCUT2D eigenvalue weighted by Gasteiger charge is 2.83. The molecule has 91 heavy (non-hydrogen) atoms. The van der Waals surface area contributed by atoms with Crippen LogP contribution in [0.1, 0.15) is 147 Å². The van der Waals surface area contributed by atoms with Crippen LogP contribution in [0.3, 0.4) is 0 Å². The van der Waals surface area contributed by atoms with Gasteiger partial charge in [-0.25, -0.2) is 9.59 Å². The van der Waals surface area contributed by atoms with Gasteiger partial charge in [0.05, 0.1) is 46.2 Å². The average Bonchev–Trinajstić information content (AvgIpc) is 1.52. The summed E-state index contributed by atoms with van der Waals surface area (Å²) in [6.45, 7) is 22.0. The SMILES string of the molecule is CC(=O)O[C@H]1[C@H]2[C@@H]([C@@H](O)[C@@H](NC(=O)CCNC(=O)c3ccc4c(c3)C(=O)OC43c4ccc(OC(=O)C(C)(C)C)cc4Oc4cc(OC(=O)C(C)(C)C)ccc43)[C@H]3C[C@@H]4O[C@@H]4[C@H](OC(C)=O)[C@]23C)[C@@H]2[C@@H](O)[C@@H]3[C@H]([C@H](C)C=C4OC(=O)[C@@](C)(O)[C@@]43C)[C@@]2(C)[C@H]1OC(C)=O. The van der Waals surface area contributed by atoms with Gasteiger partial charge in [0.1, 0.15) is 53.2 Å². The fourth-order valence-corrected chi connectivity index (χ4v) is 17.5. The van der Waals surface area contributed by atoms with E-state index in [4.69, 9.17) is 42.6 Å². The Kier molecular flexibility index (Phi) is 14.7. The van der Waals surface area contributed by atoms with E-state index in [0.717, 1.165) is 0 Å². The highest BCUT2D eigenvalue weighted by atomic mass is 16.6. The van der Waals surface area contributed by atoms with Crippen molar-refractivity contribution in [3.63, 3.8) is 0 Å². The fraction of sp³-hybridized carbons (Fsp3) is 0.574. The van der Waals surface area contributed by atoms with E-state index in [2.05, 4.69) is 10.6 Å². The Bertz CT molecular complexity index is 3630. The number of fused-ring (bicyclic) bond motifs is 16. The smallest absolute Gasteiger partial charge is 0.343 e. The first-order valence-electron chi connectivity index (χ1n) is 31.0. The number of rotatable bonds is 10. The molecule has 23 nitrogen and oxygen atoms in total. The van der Waals surface area contributed by atoms with Crippen LogP contribution < -0.4 is 24.8 Å². The molecule has 4 heterocycles. The molecule has 12 rings (SSSR count). The number of esters is 7. The van der Waals surface area contributed by atoms with E-state index in [-0.39, 0.29) is 59.3 Å². The standard InChI is InChI=1S/C68H78N2O21/c1-28-23-43-66(13,67(14,82)61(81)90-43)49-46(28)65(12)47(52(49)76)45-48(54(83-29(2)71)56(65)85-31(4)73)64(11)39(27-42-53(89-42)55(64)84-30(3)72)50(51(45)75)70-44(74)21-22-69-57(77)32-15-18-36-35(24-32)58(78)91-68(36)37-19-16-33(86-59(79)62(5,6)7)25-40(37)88-41-26-34(17-20-38(41)68)87-60(80)63(8,9)10/h15-20,23-26,28,39,42,45-56,75-76,82H,21-22,27H2,1-14H3,(H,69,77)(H,70,74)/t28-,39-,42+,45+,46+,47-,48-,49+,50+,51-,52-,53+,54+,55+,56+,64+,65-,66+,67-/m1/s1. The third-order valence-corrected chi connectivity index (χ3v) is 21.7. The number of carbonyl (C=O) groups excluding carboxylic acids is 9. The molecular formula is C68H78N2O21. The quantitative estimate of drug-likeness (QED) is 0.0667. The molecule has 6 fully saturated rings. The predicted molar refractivity (Wildman–Crippen MR) is 315 cm³/mol. The number of benzene rings is 3. The van der Waals surface area contributed by atoms with Gasteiger partial charge in [0.15, 0.2) is 11.2 Å². The molecule has 0 radical (unpaired) electrons. The Morgan fingerprint density at radius 1 is 0.681 bits per heavy atom. The first kappa shape index (κ1) is 63.4. The lowest BCUT2D eigenvalue weighted by Gasteiger charge is -2.67. The van der Waals surface area contributed by atoms with Gasteiger partial charge in [-0.05, 0) is 128 Å². The van der Waals surface area contributed by atoms with Gasteiger partial charge in [0.25, 0.3) is 5.91 Å². The maximum atomic E-state index is 14.7. The minimum absolute atomic E-state index is 0.0287. The molecule has 2 amide bonds. The number of epoxide rings is 1. The van der Waals surface area contributed by atoms with Gasteiger partial charge in [-0.15, -0.1) is 0 Å². The minimum atomic E-state index is -2.18. The Balaban J connectivity index is 0.850. The summed E-state index contributed by atoms with van der Waals surface area (Å²) in [4.78, 5) is 123. The summed E-state index contributed by atoms with van der Waals surface area (Å²) < 4.78 is 55.2. The third-order valence-electron chi connectivity index (χ3n) is 21.7. The van der Waals surface area contributed by atoms with Crippen molar-refractivity contribution < 1.29 is 101 Å². The molecular weight excluding hydrogens is 1180 g/mol. The molecule has 23 heteroatoms. The van der Waals surface area contributed by atoms with Crippen molar-refractivity contribution in [1.29, 1.82) is 0 Å². The van der Waals surface area contributed by atoms with Crippen molar-refractivity contribution in [2.75, 3.05) is 6.54 Å². The van der Waals surface area contributed by atoms with Gasteiger partial charge in [0.2, 0.25) is 5.91 Å². The van der Waals surface area contributed by atoms with Crippen LogP contribution in [0.15, 0.2) is 66.4 Å². The van der Waals surface area contributed by atoms with Crippen LogP contribution in [0, 0.1) is 68.5 Å². The topological polar surface area (TPSA) is 325 Å². The van der Waals surface area contributed by atoms with Gasteiger partial charge in [0, 0.05) is 96.7 Å². The van der Waals surface area contributed by atoms with Gasteiger partial charge < -0.3 is 68.6 Å². The summed E-state index contributed by atoms with van der Waals surface area (Å²) in [6, 6.07) is 12.6. The van der Waals surface area contributed by atoms with E-state index < -0.39 is 182 Å². The number of hydrogen-bond donors (Lipinski definition) is 5. The zero-order valence-electron chi connectivity index (χ0n) is 53.2. The van der Waals surface area contributed by atoms with Crippen LogP contribution in [0.5, 0.6) is 23.0 Å². The first-order chi connectivity index (χ1) is 42.4. The van der Waals surface area contributed by atoms with E-state index in [1.165, 1.54) is 52.0 Å². The molecule has 4 aliphatic heterocycles. The molecule has 5 aliphatic carbocycles. The fourth-order valence-electron chi connectivity index (χ4n) is 17.5. The van der Waals surface area contributed by atoms with Gasteiger partial charge in [-0.1, -0.05) is 26.8 Å². The molecule has 4 saturated carbocycles. The maximum absolute atomic E-state index is 14.7. The second-order valence-corrected chi connectivity index (χ2v) is 29.2. The highest BCUT2D eigenvalue weighted by Crippen LogP contribution is 2.76. The summed E-state index contributed by atoms with van der Waals surface area (Å²) in [5.74, 6) is -11.9. The number of aliphatic hydroxyl groups is 3. The highest BCUT2D eigenvalue weighted by molar-refractivity contribution is 6.02. The lowest BCUT2D eigenvalue weighted by atomic mass is 9.40. The monoisotopic (exact) mass is 1260 g/mol. The van der Waals surface area contributed by atoms with Crippen LogP contribution in [-0.4, -0.2) is 130 Å². The number of ether oxygens (including phenoxy) is 9. The van der Waals surface area contributed by atoms with Crippen molar-refractivity contribution in [2.24, 2.45) is 68.5 Å². The second kappa shape index (κ2) is 21.2. The molecule has 0 unspecified atom stereocenters. The summed E-state index contributed by atoms with van der Waals surface area (Å²) in [7, 11) is 0. The number of aliphatic hydroxyl groups excluding tert-OH is 2. The largest absolute Gasteiger partial charge is 0.459 e. The van der Waals surface area contributed by atoms with Crippen LogP contribution >= 0.6 is 0 Å². The lowest BCUT2D eigenvalue weighted by Crippen LogP contribution is -2.77. The summed E-state index contributed by atoms with van der Waals surface area (Å²) in [5.41, 5.74) is -8.82. The number of carbonyl (C=O) groups is 9. The van der Waals surface area contributed by atoms with Crippen molar-refractivity contribution in [3.8, 4) is 23.0 Å². The van der Waals surface area contributed by atoms with Crippen molar-refractivity contribution in [3.05, 3.63) is 94.2 Å². The number of allylic oxidation sites excluding steroid dienone is 1. The summed E-state index contributed by atoms with van der Waals surface area (Å²) in [6.07, 6.45) is -6.45. The minimum Gasteiger partial charge on any atom is -0.459 e. The van der Waals surface area contributed by atoms with Crippen molar-refractivity contribution in [2.45, 2.75) is 170 Å². The van der Waals surface area contributed by atoms with Crippen LogP contribution in [0.25, 0.3) is 0 Å². The van der Waals surface area contributed by atoms with E-state index in [1.807, 2.05) is 13.8 Å². The van der Waals surface area contributed by atoms with Crippen LogP contribution in [0.4, 0.5) is 0 Å². The molecule has 2 saturated heterocycles. The molecule has 1 spiro atoms. The normalized spacial score (nSPS) is 36.4. The van der Waals surface area contributed by atoms with Gasteiger partial charge >= 0.3 is 41.8 Å². The summed E-state index contributed by atoms with van der Waals surface area (Å²) in [5, 5.41) is 44.8. The van der Waals surface area contributed by atoms with Crippen molar-refractivity contribution >= 4 is 53.6 Å².